The predicted molar refractivity (Wildman–Crippen MR) is 75.1 cm³/mol. The molecule has 0 fully saturated rings. The Hall–Kier alpha value is -2.36. The fourth-order valence-corrected chi connectivity index (χ4v) is 1.82. The number of carbonyl (C=O) groups is 1. The molecular weight excluding hydrogens is 240 g/mol. The summed E-state index contributed by atoms with van der Waals surface area (Å²) >= 11 is 0. The van der Waals surface area contributed by atoms with Gasteiger partial charge in [0.15, 0.2) is 0 Å². The van der Waals surface area contributed by atoms with E-state index in [1.807, 2.05) is 25.1 Å². The third-order valence-electron chi connectivity index (χ3n) is 3.10. The molecule has 0 spiro atoms. The van der Waals surface area contributed by atoms with Crippen LogP contribution in [0.15, 0.2) is 30.3 Å². The number of aromatic nitrogens is 1. The van der Waals surface area contributed by atoms with Crippen LogP contribution in [0.25, 0.3) is 0 Å². The van der Waals surface area contributed by atoms with Crippen LogP contribution in [0.4, 0.5) is 11.5 Å². The van der Waals surface area contributed by atoms with Gasteiger partial charge in [-0.15, -0.1) is 0 Å². The molecule has 2 N–H and O–H groups in total. The van der Waals surface area contributed by atoms with Crippen LogP contribution < -0.4 is 5.32 Å². The zero-order valence-electron chi connectivity index (χ0n) is 11.2. The lowest BCUT2D eigenvalue weighted by molar-refractivity contribution is 0.0695. The number of carboxylic acids is 1. The van der Waals surface area contributed by atoms with Crippen molar-refractivity contribution in [3.63, 3.8) is 0 Å². The lowest BCUT2D eigenvalue weighted by atomic mass is 10.1. The van der Waals surface area contributed by atoms with E-state index >= 15 is 0 Å². The van der Waals surface area contributed by atoms with Crippen LogP contribution in [0.5, 0.6) is 0 Å². The van der Waals surface area contributed by atoms with E-state index in [0.29, 0.717) is 11.5 Å². The van der Waals surface area contributed by atoms with Crippen LogP contribution in [0.3, 0.4) is 0 Å². The number of rotatable bonds is 3. The third kappa shape index (κ3) is 2.91. The molecule has 0 amide bonds. The standard InChI is InChI=1S/C15H16N2O2/c1-9-4-5-12(8-10(9)2)17-14-7-6-13(15(18)19)11(3)16-14/h4-8H,1-3H3,(H,16,17)(H,18,19). The first-order valence-corrected chi connectivity index (χ1v) is 6.02. The molecule has 0 unspecified atom stereocenters. The van der Waals surface area contributed by atoms with Crippen molar-refractivity contribution in [3.8, 4) is 0 Å². The van der Waals surface area contributed by atoms with Crippen molar-refractivity contribution in [1.82, 2.24) is 4.98 Å². The lowest BCUT2D eigenvalue weighted by Crippen LogP contribution is -2.03. The molecule has 98 valence electrons. The summed E-state index contributed by atoms with van der Waals surface area (Å²) in [6, 6.07) is 9.29. The van der Waals surface area contributed by atoms with Crippen LogP contribution in [0.2, 0.25) is 0 Å². The van der Waals surface area contributed by atoms with Crippen molar-refractivity contribution in [2.75, 3.05) is 5.32 Å². The Morgan fingerprint density at radius 3 is 2.42 bits per heavy atom. The fourth-order valence-electron chi connectivity index (χ4n) is 1.82. The highest BCUT2D eigenvalue weighted by Gasteiger charge is 2.08. The minimum absolute atomic E-state index is 0.227. The number of aromatic carboxylic acids is 1. The highest BCUT2D eigenvalue weighted by molar-refractivity contribution is 5.89. The molecule has 1 aromatic heterocycles. The number of pyridine rings is 1. The number of aryl methyl sites for hydroxylation is 3. The zero-order chi connectivity index (χ0) is 14.0. The van der Waals surface area contributed by atoms with Crippen molar-refractivity contribution in [3.05, 3.63) is 52.7 Å². The number of hydrogen-bond acceptors (Lipinski definition) is 3. The quantitative estimate of drug-likeness (QED) is 0.883. The molecule has 0 aliphatic heterocycles. The van der Waals surface area contributed by atoms with Crippen molar-refractivity contribution >= 4 is 17.5 Å². The number of benzene rings is 1. The number of hydrogen-bond donors (Lipinski definition) is 2. The molecule has 0 aliphatic carbocycles. The Labute approximate surface area is 112 Å². The predicted octanol–water partition coefficient (Wildman–Crippen LogP) is 3.45. The Kier molecular flexibility index (Phi) is 3.51. The monoisotopic (exact) mass is 256 g/mol. The summed E-state index contributed by atoms with van der Waals surface area (Å²) in [5, 5.41) is 12.1. The first-order valence-electron chi connectivity index (χ1n) is 6.02. The molecule has 1 aromatic carbocycles. The van der Waals surface area contributed by atoms with Crippen LogP contribution in [0.1, 0.15) is 27.2 Å². The summed E-state index contributed by atoms with van der Waals surface area (Å²) in [7, 11) is 0. The van der Waals surface area contributed by atoms with E-state index in [1.54, 1.807) is 19.1 Å². The molecule has 0 atom stereocenters. The second-order valence-corrected chi connectivity index (χ2v) is 4.56. The Balaban J connectivity index is 2.26. The third-order valence-corrected chi connectivity index (χ3v) is 3.10. The summed E-state index contributed by atoms with van der Waals surface area (Å²) in [4.78, 5) is 15.2. The highest BCUT2D eigenvalue weighted by Crippen LogP contribution is 2.19. The van der Waals surface area contributed by atoms with Gasteiger partial charge < -0.3 is 10.4 Å². The van der Waals surface area contributed by atoms with Crippen LogP contribution in [0, 0.1) is 20.8 Å². The number of carboxylic acid groups (broad SMARTS) is 1. The van der Waals surface area contributed by atoms with E-state index in [2.05, 4.69) is 17.2 Å². The summed E-state index contributed by atoms with van der Waals surface area (Å²) < 4.78 is 0. The van der Waals surface area contributed by atoms with Gasteiger partial charge in [0.2, 0.25) is 0 Å². The summed E-state index contributed by atoms with van der Waals surface area (Å²) in [5.41, 5.74) is 4.10. The van der Waals surface area contributed by atoms with Gasteiger partial charge in [0, 0.05) is 5.69 Å². The van der Waals surface area contributed by atoms with Crippen LogP contribution in [-0.4, -0.2) is 16.1 Å². The summed E-state index contributed by atoms with van der Waals surface area (Å²) in [6.45, 7) is 5.80. The summed E-state index contributed by atoms with van der Waals surface area (Å²) in [6.07, 6.45) is 0. The van der Waals surface area contributed by atoms with Crippen molar-refractivity contribution in [2.24, 2.45) is 0 Å². The second kappa shape index (κ2) is 5.10. The van der Waals surface area contributed by atoms with E-state index in [9.17, 15) is 4.79 Å². The molecule has 0 aliphatic rings. The van der Waals surface area contributed by atoms with Crippen LogP contribution >= 0.6 is 0 Å². The number of nitrogens with one attached hydrogen (secondary N) is 1. The van der Waals surface area contributed by atoms with Gasteiger partial charge in [0.05, 0.1) is 11.3 Å². The fraction of sp³-hybridized carbons (Fsp3) is 0.200. The SMILES string of the molecule is Cc1ccc(Nc2ccc(C(=O)O)c(C)n2)cc1C. The molecule has 19 heavy (non-hydrogen) atoms. The largest absolute Gasteiger partial charge is 0.478 e. The zero-order valence-corrected chi connectivity index (χ0v) is 11.2. The maximum Gasteiger partial charge on any atom is 0.337 e. The molecule has 0 saturated heterocycles. The number of anilines is 2. The van der Waals surface area contributed by atoms with Gasteiger partial charge in [-0.05, 0) is 56.2 Å². The van der Waals surface area contributed by atoms with Crippen molar-refractivity contribution in [1.29, 1.82) is 0 Å². The minimum Gasteiger partial charge on any atom is -0.478 e. The first-order chi connectivity index (χ1) is 8.97. The second-order valence-electron chi connectivity index (χ2n) is 4.56. The minimum atomic E-state index is -0.956. The van der Waals surface area contributed by atoms with Crippen molar-refractivity contribution < 1.29 is 9.90 Å². The molecule has 4 heteroatoms. The molecule has 0 radical (unpaired) electrons. The lowest BCUT2D eigenvalue weighted by Gasteiger charge is -2.09. The summed E-state index contributed by atoms with van der Waals surface area (Å²) in [5.74, 6) is -0.312. The maximum absolute atomic E-state index is 10.9. The topological polar surface area (TPSA) is 62.2 Å². The molecule has 0 bridgehead atoms. The van der Waals surface area contributed by atoms with E-state index in [1.165, 1.54) is 11.1 Å². The van der Waals surface area contributed by atoms with Crippen molar-refractivity contribution in [2.45, 2.75) is 20.8 Å². The highest BCUT2D eigenvalue weighted by atomic mass is 16.4. The van der Waals surface area contributed by atoms with Gasteiger partial charge in [0.25, 0.3) is 0 Å². The molecular formula is C15H16N2O2. The maximum atomic E-state index is 10.9. The van der Waals surface area contributed by atoms with Crippen LogP contribution in [-0.2, 0) is 0 Å². The molecule has 1 heterocycles. The van der Waals surface area contributed by atoms with E-state index in [4.69, 9.17) is 5.11 Å². The first kappa shape index (κ1) is 13.1. The average molecular weight is 256 g/mol. The molecule has 0 saturated carbocycles. The Morgan fingerprint density at radius 1 is 1.11 bits per heavy atom. The molecule has 2 aromatic rings. The Morgan fingerprint density at radius 2 is 1.84 bits per heavy atom. The van der Waals surface area contributed by atoms with E-state index in [0.717, 1.165) is 5.69 Å². The number of nitrogens with zero attached hydrogens (tertiary/aromatic N) is 1. The van der Waals surface area contributed by atoms with Gasteiger partial charge in [0.1, 0.15) is 5.82 Å². The van der Waals surface area contributed by atoms with Gasteiger partial charge >= 0.3 is 5.97 Å². The van der Waals surface area contributed by atoms with Gasteiger partial charge in [-0.3, -0.25) is 0 Å². The normalized spacial score (nSPS) is 10.3. The van der Waals surface area contributed by atoms with E-state index in [-0.39, 0.29) is 5.56 Å². The van der Waals surface area contributed by atoms with Gasteiger partial charge in [-0.25, -0.2) is 9.78 Å². The smallest absolute Gasteiger partial charge is 0.337 e. The Bertz CT molecular complexity index is 636. The van der Waals surface area contributed by atoms with Gasteiger partial charge in [-0.1, -0.05) is 6.07 Å². The van der Waals surface area contributed by atoms with E-state index < -0.39 is 5.97 Å². The molecule has 4 nitrogen and oxygen atoms in total. The molecule has 2 rings (SSSR count). The van der Waals surface area contributed by atoms with Gasteiger partial charge in [-0.2, -0.15) is 0 Å². The average Bonchev–Trinajstić information content (AvgIpc) is 2.33.